The smallest absolute Gasteiger partial charge is 0.301 e. The summed E-state index contributed by atoms with van der Waals surface area (Å²) in [5.74, 6) is 0.240. The van der Waals surface area contributed by atoms with E-state index in [1.165, 1.54) is 28.0 Å². The number of aliphatic hydroxyl groups excluding tert-OH is 1. The summed E-state index contributed by atoms with van der Waals surface area (Å²) in [6, 6.07) is 18.7. The molecular formula is C32H28ClN3O6S2. The number of anilines is 1. The van der Waals surface area contributed by atoms with E-state index in [1.54, 1.807) is 36.4 Å². The number of amides is 1. The number of benzene rings is 3. The molecule has 2 aliphatic rings. The maximum atomic E-state index is 13.7. The fourth-order valence-electron chi connectivity index (χ4n) is 4.88. The maximum absolute atomic E-state index is 13.7. The number of ketones is 1. The number of halogens is 1. The van der Waals surface area contributed by atoms with Crippen LogP contribution in [0.25, 0.3) is 5.76 Å². The molecule has 0 aliphatic carbocycles. The molecule has 0 spiro atoms. The molecule has 4 aromatic rings. The third kappa shape index (κ3) is 6.26. The van der Waals surface area contributed by atoms with Gasteiger partial charge in [0.25, 0.3) is 5.78 Å². The highest BCUT2D eigenvalue weighted by Gasteiger charge is 2.48. The SMILES string of the molecule is CCCCOc1cccc([C@@H]2C(=C(O)c3ccc4c(c3)OCCO4)C(=O)C(=O)N2c2nnc(SCc3ccc(Cl)cc3)s2)c1. The van der Waals surface area contributed by atoms with Gasteiger partial charge < -0.3 is 19.3 Å². The van der Waals surface area contributed by atoms with Crippen molar-refractivity contribution >= 4 is 57.3 Å². The van der Waals surface area contributed by atoms with Gasteiger partial charge in [0.05, 0.1) is 18.2 Å². The summed E-state index contributed by atoms with van der Waals surface area (Å²) < 4.78 is 17.9. The van der Waals surface area contributed by atoms with Crippen molar-refractivity contribution in [3.8, 4) is 17.2 Å². The summed E-state index contributed by atoms with van der Waals surface area (Å²) in [6.45, 7) is 3.39. The number of ether oxygens (including phenoxy) is 3. The number of thioether (sulfide) groups is 1. The zero-order valence-electron chi connectivity index (χ0n) is 23.7. The minimum Gasteiger partial charge on any atom is -0.507 e. The number of aliphatic hydroxyl groups is 1. The third-order valence-corrected chi connectivity index (χ3v) is 9.46. The number of Topliss-reactive ketones (excluding diaryl/α,β-unsaturated/α-hetero) is 1. The van der Waals surface area contributed by atoms with Crippen LogP contribution in [0.4, 0.5) is 5.13 Å². The largest absolute Gasteiger partial charge is 0.507 e. The van der Waals surface area contributed by atoms with Crippen LogP contribution in [0.15, 0.2) is 76.6 Å². The van der Waals surface area contributed by atoms with Crippen molar-refractivity contribution in [1.82, 2.24) is 10.2 Å². The van der Waals surface area contributed by atoms with E-state index >= 15 is 0 Å². The molecule has 1 amide bonds. The van der Waals surface area contributed by atoms with Crippen LogP contribution < -0.4 is 19.1 Å². The van der Waals surface area contributed by atoms with Crippen molar-refractivity contribution in [2.45, 2.75) is 35.9 Å². The third-order valence-electron chi connectivity index (χ3n) is 7.08. The lowest BCUT2D eigenvalue weighted by molar-refractivity contribution is -0.132. The monoisotopic (exact) mass is 649 g/mol. The molecule has 1 atom stereocenters. The predicted molar refractivity (Wildman–Crippen MR) is 170 cm³/mol. The molecule has 9 nitrogen and oxygen atoms in total. The number of rotatable bonds is 10. The van der Waals surface area contributed by atoms with Gasteiger partial charge in [-0.15, -0.1) is 10.2 Å². The molecule has 2 aliphatic heterocycles. The average Bonchev–Trinajstić information content (AvgIpc) is 3.62. The van der Waals surface area contributed by atoms with Crippen LogP contribution >= 0.6 is 34.7 Å². The van der Waals surface area contributed by atoms with Crippen molar-refractivity contribution in [1.29, 1.82) is 0 Å². The first-order valence-electron chi connectivity index (χ1n) is 14.1. The number of unbranched alkanes of at least 4 members (excludes halogenated alkanes) is 1. The van der Waals surface area contributed by atoms with Crippen LogP contribution in [0.3, 0.4) is 0 Å². The van der Waals surface area contributed by atoms with Gasteiger partial charge in [-0.2, -0.15) is 0 Å². The molecule has 12 heteroatoms. The molecule has 3 heterocycles. The highest BCUT2D eigenvalue weighted by molar-refractivity contribution is 8.00. The molecule has 6 rings (SSSR count). The molecule has 226 valence electrons. The second-order valence-corrected chi connectivity index (χ2v) is 12.7. The number of carbonyl (C=O) groups is 2. The molecule has 1 saturated heterocycles. The van der Waals surface area contributed by atoms with Gasteiger partial charge >= 0.3 is 5.91 Å². The van der Waals surface area contributed by atoms with Crippen molar-refractivity contribution in [2.24, 2.45) is 0 Å². The topological polar surface area (TPSA) is 111 Å². The average molecular weight is 650 g/mol. The van der Waals surface area contributed by atoms with Crippen molar-refractivity contribution in [3.63, 3.8) is 0 Å². The number of carbonyl (C=O) groups excluding carboxylic acids is 2. The Morgan fingerprint density at radius 1 is 1.07 bits per heavy atom. The first-order valence-corrected chi connectivity index (χ1v) is 16.3. The van der Waals surface area contributed by atoms with Crippen molar-refractivity contribution < 1.29 is 28.9 Å². The van der Waals surface area contributed by atoms with E-state index < -0.39 is 17.7 Å². The predicted octanol–water partition coefficient (Wildman–Crippen LogP) is 7.06. The number of nitrogens with zero attached hydrogens (tertiary/aromatic N) is 3. The Morgan fingerprint density at radius 2 is 1.86 bits per heavy atom. The Hall–Kier alpha value is -4.06. The fourth-order valence-corrected chi connectivity index (χ4v) is 6.83. The Bertz CT molecular complexity index is 1730. The first kappa shape index (κ1) is 30.0. The van der Waals surface area contributed by atoms with Crippen LogP contribution in [0.2, 0.25) is 5.02 Å². The Morgan fingerprint density at radius 3 is 2.66 bits per heavy atom. The molecular weight excluding hydrogens is 622 g/mol. The van der Waals surface area contributed by atoms with Gasteiger partial charge in [-0.25, -0.2) is 0 Å². The fraction of sp³-hybridized carbons (Fsp3) is 0.250. The number of hydrogen-bond acceptors (Lipinski definition) is 10. The van der Waals surface area contributed by atoms with Gasteiger partial charge in [-0.1, -0.05) is 72.3 Å². The summed E-state index contributed by atoms with van der Waals surface area (Å²) in [5, 5.41) is 21.1. The molecule has 3 aromatic carbocycles. The van der Waals surface area contributed by atoms with E-state index in [9.17, 15) is 14.7 Å². The molecule has 44 heavy (non-hydrogen) atoms. The van der Waals surface area contributed by atoms with Crippen molar-refractivity contribution in [3.05, 3.63) is 94.0 Å². The first-order chi connectivity index (χ1) is 21.4. The van der Waals surface area contributed by atoms with E-state index in [0.29, 0.717) is 63.3 Å². The van der Waals surface area contributed by atoms with Gasteiger partial charge in [-0.05, 0) is 60.0 Å². The summed E-state index contributed by atoms with van der Waals surface area (Å²) >= 11 is 8.67. The minimum absolute atomic E-state index is 0.0667. The summed E-state index contributed by atoms with van der Waals surface area (Å²) in [6.07, 6.45) is 1.86. The van der Waals surface area contributed by atoms with Gasteiger partial charge in [0.1, 0.15) is 24.7 Å². The lowest BCUT2D eigenvalue weighted by Crippen LogP contribution is -2.29. The number of aromatic nitrogens is 2. The van der Waals surface area contributed by atoms with E-state index in [-0.39, 0.29) is 16.5 Å². The summed E-state index contributed by atoms with van der Waals surface area (Å²) in [5.41, 5.74) is 1.89. The molecule has 1 fully saturated rings. The van der Waals surface area contributed by atoms with E-state index in [4.69, 9.17) is 25.8 Å². The van der Waals surface area contributed by atoms with Gasteiger partial charge in [-0.3, -0.25) is 14.5 Å². The van der Waals surface area contributed by atoms with Gasteiger partial charge in [0, 0.05) is 16.3 Å². The van der Waals surface area contributed by atoms with Crippen LogP contribution in [0.1, 0.15) is 42.5 Å². The maximum Gasteiger partial charge on any atom is 0.301 e. The molecule has 0 radical (unpaired) electrons. The summed E-state index contributed by atoms with van der Waals surface area (Å²) in [4.78, 5) is 28.6. The molecule has 1 aromatic heterocycles. The van der Waals surface area contributed by atoms with Gasteiger partial charge in [0.2, 0.25) is 5.13 Å². The lowest BCUT2D eigenvalue weighted by Gasteiger charge is -2.23. The molecule has 0 unspecified atom stereocenters. The Kier molecular flexibility index (Phi) is 9.06. The van der Waals surface area contributed by atoms with E-state index in [1.807, 2.05) is 30.3 Å². The minimum atomic E-state index is -0.972. The number of fused-ring (bicyclic) bond motifs is 1. The zero-order chi connectivity index (χ0) is 30.6. The van der Waals surface area contributed by atoms with E-state index in [0.717, 1.165) is 18.4 Å². The number of hydrogen-bond donors (Lipinski definition) is 1. The second kappa shape index (κ2) is 13.3. The highest BCUT2D eigenvalue weighted by atomic mass is 35.5. The van der Waals surface area contributed by atoms with Crippen LogP contribution in [0.5, 0.6) is 17.2 Å². The van der Waals surface area contributed by atoms with E-state index in [2.05, 4.69) is 17.1 Å². The Labute approximate surface area is 267 Å². The lowest BCUT2D eigenvalue weighted by atomic mass is 9.95. The highest BCUT2D eigenvalue weighted by Crippen LogP contribution is 2.45. The molecule has 0 saturated carbocycles. The quantitative estimate of drug-likeness (QED) is 0.0482. The molecule has 1 N–H and O–H groups in total. The second-order valence-electron chi connectivity index (χ2n) is 10.1. The van der Waals surface area contributed by atoms with Crippen molar-refractivity contribution in [2.75, 3.05) is 24.7 Å². The normalized spacial score (nSPS) is 17.2. The summed E-state index contributed by atoms with van der Waals surface area (Å²) in [7, 11) is 0. The van der Waals surface area contributed by atoms with Gasteiger partial charge in [0.15, 0.2) is 15.8 Å². The van der Waals surface area contributed by atoms with Crippen LogP contribution in [0, 0.1) is 0 Å². The van der Waals surface area contributed by atoms with Crippen LogP contribution in [-0.4, -0.2) is 46.8 Å². The Balaban J connectivity index is 1.38. The van der Waals surface area contributed by atoms with Crippen LogP contribution in [-0.2, 0) is 15.3 Å². The zero-order valence-corrected chi connectivity index (χ0v) is 26.1. The standard InChI is InChI=1S/C32H28ClN3O6S2/c1-2-3-13-40-23-6-4-5-20(16-23)27-26(28(37)21-9-12-24-25(17-21)42-15-14-41-24)29(38)30(39)36(27)31-34-35-32(44-31)43-18-19-7-10-22(33)11-8-19/h4-12,16-17,27,37H,2-3,13-15,18H2,1H3/t27-/m1/s1. The molecule has 0 bridgehead atoms.